The second kappa shape index (κ2) is 5.42. The van der Waals surface area contributed by atoms with Crippen LogP contribution in [0.15, 0.2) is 36.4 Å². The van der Waals surface area contributed by atoms with E-state index in [1.165, 1.54) is 5.56 Å². The zero-order valence-electron chi connectivity index (χ0n) is 12.4. The largest absolute Gasteiger partial charge is 0.497 e. The lowest BCUT2D eigenvalue weighted by Crippen LogP contribution is -2.31. The molecule has 0 spiro atoms. The van der Waals surface area contributed by atoms with Gasteiger partial charge < -0.3 is 18.9 Å². The van der Waals surface area contributed by atoms with Gasteiger partial charge in [0.15, 0.2) is 11.5 Å². The number of nitrogens with zero attached hydrogens (tertiary/aromatic N) is 1. The van der Waals surface area contributed by atoms with Gasteiger partial charge in [-0.25, -0.2) is 0 Å². The second-order valence-electron chi connectivity index (χ2n) is 5.42. The first-order valence-electron chi connectivity index (χ1n) is 7.22. The maximum Gasteiger partial charge on any atom is 0.231 e. The van der Waals surface area contributed by atoms with Crippen LogP contribution in [0.1, 0.15) is 11.1 Å². The van der Waals surface area contributed by atoms with Crippen molar-refractivity contribution in [1.29, 1.82) is 0 Å². The third-order valence-corrected chi connectivity index (χ3v) is 3.92. The Kier molecular flexibility index (Phi) is 3.27. The number of rotatable bonds is 3. The SMILES string of the molecule is COc1ccc(CN2COc3cc4c(cc3C2)OCO4)cc1. The first-order chi connectivity index (χ1) is 10.8. The normalized spacial score (nSPS) is 16.0. The maximum atomic E-state index is 5.84. The molecule has 0 aromatic heterocycles. The molecule has 0 fully saturated rings. The van der Waals surface area contributed by atoms with E-state index in [2.05, 4.69) is 17.0 Å². The number of fused-ring (bicyclic) bond motifs is 2. The predicted molar refractivity (Wildman–Crippen MR) is 80.3 cm³/mol. The molecule has 4 rings (SSSR count). The molecule has 2 aliphatic rings. The fraction of sp³-hybridized carbons (Fsp3) is 0.294. The Bertz CT molecular complexity index is 684. The fourth-order valence-electron chi connectivity index (χ4n) is 2.76. The van der Waals surface area contributed by atoms with Gasteiger partial charge in [-0.1, -0.05) is 12.1 Å². The van der Waals surface area contributed by atoms with Crippen LogP contribution in [0, 0.1) is 0 Å². The van der Waals surface area contributed by atoms with Gasteiger partial charge in [-0.3, -0.25) is 4.90 Å². The van der Waals surface area contributed by atoms with E-state index in [-0.39, 0.29) is 6.79 Å². The molecular formula is C17H17NO4. The summed E-state index contributed by atoms with van der Waals surface area (Å²) in [5.41, 5.74) is 2.36. The summed E-state index contributed by atoms with van der Waals surface area (Å²) < 4.78 is 21.8. The highest BCUT2D eigenvalue weighted by molar-refractivity contribution is 5.52. The lowest BCUT2D eigenvalue weighted by molar-refractivity contribution is 0.0885. The Morgan fingerprint density at radius 3 is 2.55 bits per heavy atom. The molecular weight excluding hydrogens is 282 g/mol. The number of hydrogen-bond donors (Lipinski definition) is 0. The van der Waals surface area contributed by atoms with Crippen LogP contribution in [0.25, 0.3) is 0 Å². The van der Waals surface area contributed by atoms with Crippen LogP contribution in [0.3, 0.4) is 0 Å². The summed E-state index contributed by atoms with van der Waals surface area (Å²) in [6, 6.07) is 12.0. The van der Waals surface area contributed by atoms with Crippen LogP contribution in [-0.4, -0.2) is 25.5 Å². The molecule has 0 bridgehead atoms. The molecule has 0 amide bonds. The highest BCUT2D eigenvalue weighted by Crippen LogP contribution is 2.40. The Hall–Kier alpha value is -2.40. The number of benzene rings is 2. The average molecular weight is 299 g/mol. The van der Waals surface area contributed by atoms with Gasteiger partial charge in [0.05, 0.1) is 7.11 Å². The average Bonchev–Trinajstić information content (AvgIpc) is 3.00. The minimum Gasteiger partial charge on any atom is -0.497 e. The van der Waals surface area contributed by atoms with E-state index in [1.54, 1.807) is 7.11 Å². The molecule has 0 saturated heterocycles. The summed E-state index contributed by atoms with van der Waals surface area (Å²) in [6.45, 7) is 2.52. The summed E-state index contributed by atoms with van der Waals surface area (Å²) in [4.78, 5) is 2.24. The number of ether oxygens (including phenoxy) is 4. The van der Waals surface area contributed by atoms with Gasteiger partial charge in [0.2, 0.25) is 6.79 Å². The van der Waals surface area contributed by atoms with Crippen LogP contribution < -0.4 is 18.9 Å². The van der Waals surface area contributed by atoms with Crippen molar-refractivity contribution in [3.05, 3.63) is 47.5 Å². The fourth-order valence-corrected chi connectivity index (χ4v) is 2.76. The van der Waals surface area contributed by atoms with Crippen molar-refractivity contribution in [3.63, 3.8) is 0 Å². The van der Waals surface area contributed by atoms with Crippen LogP contribution in [0.5, 0.6) is 23.0 Å². The third-order valence-electron chi connectivity index (χ3n) is 3.92. The predicted octanol–water partition coefficient (Wildman–Crippen LogP) is 2.78. The van der Waals surface area contributed by atoms with E-state index in [1.807, 2.05) is 24.3 Å². The Morgan fingerprint density at radius 1 is 1.00 bits per heavy atom. The van der Waals surface area contributed by atoms with Crippen LogP contribution >= 0.6 is 0 Å². The lowest BCUT2D eigenvalue weighted by Gasteiger charge is -2.29. The van der Waals surface area contributed by atoms with Crippen molar-refractivity contribution in [1.82, 2.24) is 4.90 Å². The molecule has 0 saturated carbocycles. The van der Waals surface area contributed by atoms with Gasteiger partial charge in [0, 0.05) is 24.7 Å². The third kappa shape index (κ3) is 2.44. The van der Waals surface area contributed by atoms with Gasteiger partial charge in [-0.05, 0) is 23.8 Å². The Labute approximate surface area is 129 Å². The van der Waals surface area contributed by atoms with Crippen molar-refractivity contribution in [2.45, 2.75) is 13.1 Å². The van der Waals surface area contributed by atoms with Gasteiger partial charge in [-0.2, -0.15) is 0 Å². The van der Waals surface area contributed by atoms with E-state index in [0.29, 0.717) is 6.73 Å². The molecule has 0 atom stereocenters. The van der Waals surface area contributed by atoms with E-state index >= 15 is 0 Å². The molecule has 0 N–H and O–H groups in total. The zero-order valence-corrected chi connectivity index (χ0v) is 12.4. The molecule has 0 radical (unpaired) electrons. The van der Waals surface area contributed by atoms with Crippen molar-refractivity contribution in [2.24, 2.45) is 0 Å². The second-order valence-corrected chi connectivity index (χ2v) is 5.42. The summed E-state index contributed by atoms with van der Waals surface area (Å²) in [5.74, 6) is 3.32. The van der Waals surface area contributed by atoms with Crippen LogP contribution in [0.4, 0.5) is 0 Å². The van der Waals surface area contributed by atoms with Gasteiger partial charge in [0.1, 0.15) is 18.2 Å². The van der Waals surface area contributed by atoms with Crippen molar-refractivity contribution >= 4 is 0 Å². The monoisotopic (exact) mass is 299 g/mol. The number of hydrogen-bond acceptors (Lipinski definition) is 5. The van der Waals surface area contributed by atoms with E-state index < -0.39 is 0 Å². The van der Waals surface area contributed by atoms with E-state index in [9.17, 15) is 0 Å². The highest BCUT2D eigenvalue weighted by atomic mass is 16.7. The summed E-state index contributed by atoms with van der Waals surface area (Å²) in [7, 11) is 1.68. The van der Waals surface area contributed by atoms with Crippen LogP contribution in [-0.2, 0) is 13.1 Å². The van der Waals surface area contributed by atoms with Gasteiger partial charge in [0.25, 0.3) is 0 Å². The van der Waals surface area contributed by atoms with Gasteiger partial charge >= 0.3 is 0 Å². The molecule has 0 aliphatic carbocycles. The van der Waals surface area contributed by atoms with Crippen molar-refractivity contribution < 1.29 is 18.9 Å². The molecule has 5 nitrogen and oxygen atoms in total. The van der Waals surface area contributed by atoms with Crippen molar-refractivity contribution in [2.75, 3.05) is 20.6 Å². The molecule has 2 aromatic carbocycles. The smallest absolute Gasteiger partial charge is 0.231 e. The molecule has 2 heterocycles. The summed E-state index contributed by atoms with van der Waals surface area (Å²) >= 11 is 0. The highest BCUT2D eigenvalue weighted by Gasteiger charge is 2.23. The quantitative estimate of drug-likeness (QED) is 0.871. The van der Waals surface area contributed by atoms with E-state index in [0.717, 1.165) is 41.7 Å². The lowest BCUT2D eigenvalue weighted by atomic mass is 10.1. The molecule has 5 heteroatoms. The van der Waals surface area contributed by atoms with Gasteiger partial charge in [-0.15, -0.1) is 0 Å². The first kappa shape index (κ1) is 13.3. The van der Waals surface area contributed by atoms with Crippen LogP contribution in [0.2, 0.25) is 0 Å². The topological polar surface area (TPSA) is 40.2 Å². The van der Waals surface area contributed by atoms with E-state index in [4.69, 9.17) is 18.9 Å². The standard InChI is InChI=1S/C17H17NO4/c1-19-14-4-2-12(3-5-14)8-18-9-13-6-16-17(22-11-21-16)7-15(13)20-10-18/h2-7H,8-11H2,1H3. The molecule has 2 aliphatic heterocycles. The molecule has 2 aromatic rings. The summed E-state index contributed by atoms with van der Waals surface area (Å²) in [5, 5.41) is 0. The number of methoxy groups -OCH3 is 1. The summed E-state index contributed by atoms with van der Waals surface area (Å²) in [6.07, 6.45) is 0. The molecule has 22 heavy (non-hydrogen) atoms. The molecule has 0 unspecified atom stereocenters. The Morgan fingerprint density at radius 2 is 1.77 bits per heavy atom. The minimum atomic E-state index is 0.286. The maximum absolute atomic E-state index is 5.84. The zero-order chi connectivity index (χ0) is 14.9. The minimum absolute atomic E-state index is 0.286. The Balaban J connectivity index is 1.49. The van der Waals surface area contributed by atoms with Crippen molar-refractivity contribution in [3.8, 4) is 23.0 Å². The molecule has 114 valence electrons. The first-order valence-corrected chi connectivity index (χ1v) is 7.22.